The molecule has 0 saturated carbocycles. The van der Waals surface area contributed by atoms with Crippen LogP contribution in [0, 0.1) is 0 Å². The van der Waals surface area contributed by atoms with E-state index in [0.717, 1.165) is 22.3 Å². The van der Waals surface area contributed by atoms with Gasteiger partial charge in [-0.05, 0) is 25.1 Å². The number of hydrogen-bond acceptors (Lipinski definition) is 5. The van der Waals surface area contributed by atoms with Crippen LogP contribution >= 0.6 is 23.2 Å². The van der Waals surface area contributed by atoms with Gasteiger partial charge in [-0.25, -0.2) is 9.78 Å². The topological polar surface area (TPSA) is 112 Å². The minimum atomic E-state index is -0.381. The van der Waals surface area contributed by atoms with Crippen LogP contribution in [-0.2, 0) is 13.1 Å². The van der Waals surface area contributed by atoms with Crippen LogP contribution in [0.25, 0.3) is 22.4 Å². The zero-order valence-electron chi connectivity index (χ0n) is 17.2. The third kappa shape index (κ3) is 3.53. The van der Waals surface area contributed by atoms with Crippen molar-refractivity contribution in [3.05, 3.63) is 57.6 Å². The normalized spacial score (nSPS) is 13.9. The minimum Gasteiger partial charge on any atom is -0.486 e. The number of carbonyl (C=O) groups is 1. The summed E-state index contributed by atoms with van der Waals surface area (Å²) in [5.74, 6) is 1.28. The van der Waals surface area contributed by atoms with Gasteiger partial charge in [0.15, 0.2) is 5.82 Å². The summed E-state index contributed by atoms with van der Waals surface area (Å²) in [5, 5.41) is 11.9. The Kier molecular flexibility index (Phi) is 5.15. The maximum absolute atomic E-state index is 11.9. The smallest absolute Gasteiger partial charge is 0.317 e. The lowest BCUT2D eigenvalue weighted by Gasteiger charge is -2.17. The van der Waals surface area contributed by atoms with Crippen LogP contribution in [0.5, 0.6) is 5.75 Å². The molecule has 4 heterocycles. The number of fused-ring (bicyclic) bond motifs is 2. The Morgan fingerprint density at radius 2 is 2.03 bits per heavy atom. The van der Waals surface area contributed by atoms with Crippen molar-refractivity contribution in [2.45, 2.75) is 26.1 Å². The van der Waals surface area contributed by atoms with Gasteiger partial charge in [-0.3, -0.25) is 10.1 Å². The van der Waals surface area contributed by atoms with Crippen LogP contribution in [0.1, 0.15) is 30.0 Å². The number of H-pyrrole nitrogens is 2. The van der Waals surface area contributed by atoms with Crippen LogP contribution in [0.4, 0.5) is 4.79 Å². The van der Waals surface area contributed by atoms with E-state index in [1.54, 1.807) is 24.3 Å². The number of nitrogens with one attached hydrogen (secondary N) is 3. The number of nitrogens with zero attached hydrogens (tertiary/aromatic N) is 4. The molecule has 0 fully saturated rings. The van der Waals surface area contributed by atoms with Gasteiger partial charge in [-0.1, -0.05) is 23.2 Å². The lowest BCUT2D eigenvalue weighted by molar-refractivity contribution is 0.200. The zero-order valence-corrected chi connectivity index (χ0v) is 18.8. The Hall–Kier alpha value is -3.30. The molecule has 1 aliphatic rings. The van der Waals surface area contributed by atoms with Gasteiger partial charge in [0.1, 0.15) is 17.5 Å². The highest BCUT2D eigenvalue weighted by atomic mass is 35.5. The molecule has 9 nitrogen and oxygen atoms in total. The van der Waals surface area contributed by atoms with E-state index in [1.807, 2.05) is 25.1 Å². The number of hydrogen-bond donors (Lipinski definition) is 3. The first-order valence-electron chi connectivity index (χ1n) is 9.93. The van der Waals surface area contributed by atoms with Crippen molar-refractivity contribution >= 4 is 40.1 Å². The van der Waals surface area contributed by atoms with Crippen molar-refractivity contribution in [1.82, 2.24) is 35.4 Å². The number of aromatic nitrogens is 5. The third-order valence-corrected chi connectivity index (χ3v) is 6.03. The number of benzene rings is 1. The first kappa shape index (κ1) is 20.6. The highest BCUT2D eigenvalue weighted by Gasteiger charge is 2.27. The maximum Gasteiger partial charge on any atom is 0.317 e. The minimum absolute atomic E-state index is 0.131. The number of imidazole rings is 1. The number of carbonyl (C=O) groups excluding carboxylic acids is 1. The summed E-state index contributed by atoms with van der Waals surface area (Å²) in [4.78, 5) is 25.5. The van der Waals surface area contributed by atoms with Crippen molar-refractivity contribution in [2.75, 3.05) is 7.05 Å². The van der Waals surface area contributed by atoms with E-state index in [-0.39, 0.29) is 12.1 Å². The summed E-state index contributed by atoms with van der Waals surface area (Å²) in [6, 6.07) is 5.52. The Morgan fingerprint density at radius 3 is 2.75 bits per heavy atom. The lowest BCUT2D eigenvalue weighted by Crippen LogP contribution is -2.34. The number of aromatic amines is 2. The van der Waals surface area contributed by atoms with Crippen molar-refractivity contribution < 1.29 is 9.53 Å². The molecular weight excluding hydrogens is 453 g/mol. The van der Waals surface area contributed by atoms with Gasteiger partial charge in [0.2, 0.25) is 0 Å². The highest BCUT2D eigenvalue weighted by Crippen LogP contribution is 2.35. The SMILES string of the molecule is CNC(=O)N1Cc2nc(-c3n[nH]c4ccc(O[C@H](C)c5c(Cl)cncc5Cl)cc34)[nH]c2C1. The summed E-state index contributed by atoms with van der Waals surface area (Å²) in [6.45, 7) is 2.81. The molecule has 164 valence electrons. The standard InChI is InChI=1S/C21H19Cl2N7O2/c1-10(18-13(22)6-25-7-14(18)23)32-11-3-4-15-12(5-11)19(29-28-15)20-26-16-8-30(21(31)24-2)9-17(16)27-20/h3-7,10H,8-9H2,1-2H3,(H,24,31)(H,26,27)(H,28,29)/t10-/m1/s1. The monoisotopic (exact) mass is 471 g/mol. The molecule has 1 aliphatic heterocycles. The van der Waals surface area contributed by atoms with Gasteiger partial charge < -0.3 is 19.9 Å². The average molecular weight is 472 g/mol. The van der Waals surface area contributed by atoms with Crippen LogP contribution in [0.2, 0.25) is 10.0 Å². The predicted octanol–water partition coefficient (Wildman–Crippen LogP) is 4.45. The number of urea groups is 1. The Bertz CT molecular complexity index is 1290. The molecule has 1 atom stereocenters. The summed E-state index contributed by atoms with van der Waals surface area (Å²) in [7, 11) is 1.61. The van der Waals surface area contributed by atoms with Gasteiger partial charge in [0, 0.05) is 30.4 Å². The summed E-state index contributed by atoms with van der Waals surface area (Å²) < 4.78 is 6.12. The molecule has 2 amide bonds. The first-order chi connectivity index (χ1) is 15.4. The van der Waals surface area contributed by atoms with Gasteiger partial charge in [0.05, 0.1) is 40.0 Å². The zero-order chi connectivity index (χ0) is 22.4. The lowest BCUT2D eigenvalue weighted by atomic mass is 10.1. The number of halogens is 2. The fourth-order valence-corrected chi connectivity index (χ4v) is 4.54. The van der Waals surface area contributed by atoms with E-state index in [1.165, 1.54) is 0 Å². The number of rotatable bonds is 4. The fraction of sp³-hybridized carbons (Fsp3) is 0.238. The van der Waals surface area contributed by atoms with Gasteiger partial charge >= 0.3 is 6.03 Å². The van der Waals surface area contributed by atoms with Crippen LogP contribution in [0.3, 0.4) is 0 Å². The summed E-state index contributed by atoms with van der Waals surface area (Å²) in [5.41, 5.74) is 3.95. The van der Waals surface area contributed by atoms with Crippen molar-refractivity contribution in [1.29, 1.82) is 0 Å². The van der Waals surface area contributed by atoms with Crippen molar-refractivity contribution in [2.24, 2.45) is 0 Å². The Labute approximate surface area is 193 Å². The van der Waals surface area contributed by atoms with E-state index < -0.39 is 0 Å². The predicted molar refractivity (Wildman–Crippen MR) is 121 cm³/mol. The molecule has 0 saturated heterocycles. The molecule has 32 heavy (non-hydrogen) atoms. The quantitative estimate of drug-likeness (QED) is 0.406. The second-order valence-electron chi connectivity index (χ2n) is 7.48. The molecule has 0 spiro atoms. The second kappa shape index (κ2) is 7.99. The van der Waals surface area contributed by atoms with E-state index in [4.69, 9.17) is 27.9 Å². The van der Waals surface area contributed by atoms with Crippen molar-refractivity contribution in [3.63, 3.8) is 0 Å². The first-order valence-corrected chi connectivity index (χ1v) is 10.7. The molecule has 1 aromatic carbocycles. The Morgan fingerprint density at radius 1 is 1.25 bits per heavy atom. The van der Waals surface area contributed by atoms with E-state index in [0.29, 0.717) is 46.0 Å². The van der Waals surface area contributed by atoms with Crippen molar-refractivity contribution in [3.8, 4) is 17.3 Å². The third-order valence-electron chi connectivity index (χ3n) is 5.42. The van der Waals surface area contributed by atoms with Gasteiger partial charge in [-0.2, -0.15) is 5.10 Å². The molecule has 3 aromatic heterocycles. The van der Waals surface area contributed by atoms with Crippen LogP contribution in [-0.4, -0.2) is 43.1 Å². The number of amides is 2. The molecule has 5 rings (SSSR count). The molecule has 0 bridgehead atoms. The van der Waals surface area contributed by atoms with Gasteiger partial charge in [-0.15, -0.1) is 0 Å². The fourth-order valence-electron chi connectivity index (χ4n) is 3.87. The molecule has 0 aliphatic carbocycles. The Balaban J connectivity index is 1.43. The van der Waals surface area contributed by atoms with Crippen LogP contribution in [0.15, 0.2) is 30.6 Å². The molecule has 11 heteroatoms. The second-order valence-corrected chi connectivity index (χ2v) is 8.29. The molecule has 0 unspecified atom stereocenters. The highest BCUT2D eigenvalue weighted by molar-refractivity contribution is 6.35. The summed E-state index contributed by atoms with van der Waals surface area (Å²) >= 11 is 12.5. The summed E-state index contributed by atoms with van der Waals surface area (Å²) in [6.07, 6.45) is 2.71. The van der Waals surface area contributed by atoms with E-state index in [2.05, 4.69) is 30.5 Å². The van der Waals surface area contributed by atoms with Crippen LogP contribution < -0.4 is 10.1 Å². The maximum atomic E-state index is 11.9. The number of ether oxygens (including phenoxy) is 1. The number of pyridine rings is 1. The average Bonchev–Trinajstić information content (AvgIpc) is 3.45. The largest absolute Gasteiger partial charge is 0.486 e. The molecular formula is C21H19Cl2N7O2. The van der Waals surface area contributed by atoms with Gasteiger partial charge in [0.25, 0.3) is 0 Å². The molecule has 3 N–H and O–H groups in total. The van der Waals surface area contributed by atoms with E-state index in [9.17, 15) is 4.79 Å². The molecule has 0 radical (unpaired) electrons. The van der Waals surface area contributed by atoms with E-state index >= 15 is 0 Å². The molecule has 4 aromatic rings.